The third-order valence-corrected chi connectivity index (χ3v) is 16.8. The Bertz CT molecular complexity index is 4800. The van der Waals surface area contributed by atoms with E-state index in [0.717, 1.165) is 116 Å². The second-order valence-electron chi connectivity index (χ2n) is 21.0. The molecule has 11 aromatic carbocycles. The molecular weight excluding hydrogens is 956 g/mol. The van der Waals surface area contributed by atoms with E-state index in [2.05, 4.69) is 292 Å². The van der Waals surface area contributed by atoms with Crippen molar-refractivity contribution in [2.24, 2.45) is 0 Å². The summed E-state index contributed by atoms with van der Waals surface area (Å²) in [5.41, 5.74) is 22.9. The van der Waals surface area contributed by atoms with Crippen molar-refractivity contribution in [2.75, 3.05) is 0 Å². The number of hydrogen-bond donors (Lipinski definition) is 0. The summed E-state index contributed by atoms with van der Waals surface area (Å²) in [6.45, 7) is -0.742. The predicted octanol–water partition coefficient (Wildman–Crippen LogP) is 12.9. The molecule has 0 bridgehead atoms. The standard InChI is InChI=1S/C73H47B2N3O/c79-73-76-64-43-21-4-2-1-3-20-38-60(64)67-71(76)77-70-62(74(67)65-55(49-28-12-6-13-29-49)39-24-40-56(65)50-30-14-7-15-31-50)46-54(48-26-10-5-11-27-48)47-63(70)75(68-61-45-44-53-36-22-23-37-59(53)69(61)78(73)72(68)77)66-57(51-32-16-8-17-33-51)41-25-42-58(66)52-34-18-9-19-35-52/h1-47H. The molecule has 0 fully saturated rings. The first-order chi connectivity index (χ1) is 39.2. The first-order valence-corrected chi connectivity index (χ1v) is 27.3. The highest BCUT2D eigenvalue weighted by Crippen LogP contribution is 2.38. The Morgan fingerprint density at radius 2 is 0.684 bits per heavy atom. The molecule has 79 heavy (non-hydrogen) atoms. The van der Waals surface area contributed by atoms with Gasteiger partial charge in [0.05, 0.1) is 11.0 Å². The lowest BCUT2D eigenvalue weighted by molar-refractivity contribution is 0.917. The molecule has 2 aliphatic rings. The first kappa shape index (κ1) is 45.1. The van der Waals surface area contributed by atoms with Crippen molar-refractivity contribution in [1.29, 1.82) is 0 Å². The Morgan fingerprint density at radius 1 is 0.291 bits per heavy atom. The number of nitrogens with zero attached hydrogens (tertiary/aromatic N) is 3. The summed E-state index contributed by atoms with van der Waals surface area (Å²) in [6.07, 6.45) is 0. The fraction of sp³-hybridized carbons (Fsp3) is 0. The molecule has 0 saturated heterocycles. The van der Waals surface area contributed by atoms with Crippen LogP contribution in [0.1, 0.15) is 0 Å². The van der Waals surface area contributed by atoms with Crippen LogP contribution in [0.25, 0.3) is 105 Å². The number of rotatable bonds is 7. The van der Waals surface area contributed by atoms with E-state index in [9.17, 15) is 0 Å². The minimum absolute atomic E-state index is 0.101. The van der Waals surface area contributed by atoms with Crippen molar-refractivity contribution in [3.8, 4) is 61.3 Å². The van der Waals surface area contributed by atoms with Gasteiger partial charge >= 0.3 is 5.69 Å². The van der Waals surface area contributed by atoms with Crippen molar-refractivity contribution in [3.63, 3.8) is 0 Å². The number of fused-ring (bicyclic) bond motifs is 8. The fourth-order valence-electron chi connectivity index (χ4n) is 13.7. The molecule has 0 aliphatic carbocycles. The van der Waals surface area contributed by atoms with Crippen LogP contribution in [-0.2, 0) is 0 Å². The Hall–Kier alpha value is -10.2. The van der Waals surface area contributed by atoms with Crippen LogP contribution in [0.2, 0.25) is 0 Å². The molecule has 0 spiro atoms. The number of benzene rings is 10. The molecule has 16 rings (SSSR count). The first-order valence-electron chi connectivity index (χ1n) is 27.3. The zero-order valence-corrected chi connectivity index (χ0v) is 43.0. The van der Waals surface area contributed by atoms with Gasteiger partial charge in [-0.15, -0.1) is 0 Å². The van der Waals surface area contributed by atoms with Crippen LogP contribution in [0.4, 0.5) is 0 Å². The highest BCUT2D eigenvalue weighted by molar-refractivity contribution is 7.04. The Morgan fingerprint density at radius 3 is 1.20 bits per heavy atom. The molecule has 0 amide bonds. The van der Waals surface area contributed by atoms with E-state index < -0.39 is 0 Å². The normalized spacial score (nSPS) is 12.3. The van der Waals surface area contributed by atoms with Gasteiger partial charge in [-0.1, -0.05) is 290 Å². The second-order valence-corrected chi connectivity index (χ2v) is 21.0. The SMILES string of the molecule is O=c1n2c3ccccccccc3c3c2n2c4c(c5ccc6ccccc6c5n14)B(c1c(-c4ccccc4)cccc1-c1ccccc1)c1cc(-c4ccccc4)cc(c1-2)B3c1c(-c2ccccc2)cccc1-c1ccccc1. The highest BCUT2D eigenvalue weighted by atomic mass is 16.1. The van der Waals surface area contributed by atoms with Gasteiger partial charge in [0.2, 0.25) is 0 Å². The third-order valence-electron chi connectivity index (χ3n) is 16.8. The van der Waals surface area contributed by atoms with Crippen LogP contribution >= 0.6 is 0 Å². The molecular formula is C73H47B2N3O. The molecule has 4 nitrogen and oxygen atoms in total. The van der Waals surface area contributed by atoms with Crippen LogP contribution in [0, 0.1) is 0 Å². The lowest BCUT2D eigenvalue weighted by Gasteiger charge is -2.37. The second kappa shape index (κ2) is 18.0. The Kier molecular flexibility index (Phi) is 10.3. The molecule has 5 heterocycles. The minimum Gasteiger partial charge on any atom is -0.283 e. The van der Waals surface area contributed by atoms with Crippen molar-refractivity contribution in [2.45, 2.75) is 0 Å². The van der Waals surface area contributed by atoms with Gasteiger partial charge in [0.1, 0.15) is 11.3 Å². The number of aromatic nitrogens is 3. The van der Waals surface area contributed by atoms with E-state index in [1.807, 2.05) is 6.07 Å². The molecule has 2 aliphatic heterocycles. The average molecular weight is 1000 g/mol. The summed E-state index contributed by atoms with van der Waals surface area (Å²) in [5, 5.41) is 4.18. The lowest BCUT2D eigenvalue weighted by atomic mass is 9.29. The predicted molar refractivity (Wildman–Crippen MR) is 333 cm³/mol. The van der Waals surface area contributed by atoms with Gasteiger partial charge in [0, 0.05) is 11.1 Å². The summed E-state index contributed by atoms with van der Waals surface area (Å²) >= 11 is 0. The van der Waals surface area contributed by atoms with E-state index in [0.29, 0.717) is 0 Å². The summed E-state index contributed by atoms with van der Waals surface area (Å²) in [7, 11) is 0. The molecule has 14 aromatic rings. The topological polar surface area (TPSA) is 30.8 Å². The van der Waals surface area contributed by atoms with E-state index in [1.54, 1.807) is 0 Å². The quantitative estimate of drug-likeness (QED) is 0.146. The number of hydrogen-bond acceptors (Lipinski definition) is 1. The molecule has 0 N–H and O–H groups in total. The van der Waals surface area contributed by atoms with E-state index in [1.165, 1.54) is 21.9 Å². The van der Waals surface area contributed by atoms with Gasteiger partial charge in [-0.3, -0.25) is 4.57 Å². The fourth-order valence-corrected chi connectivity index (χ4v) is 13.7. The molecule has 0 radical (unpaired) electrons. The van der Waals surface area contributed by atoms with Gasteiger partial charge in [0.25, 0.3) is 13.4 Å². The highest BCUT2D eigenvalue weighted by Gasteiger charge is 2.47. The van der Waals surface area contributed by atoms with Gasteiger partial charge in [-0.2, -0.15) is 0 Å². The van der Waals surface area contributed by atoms with E-state index in [-0.39, 0.29) is 19.1 Å². The minimum atomic E-state index is -0.379. The summed E-state index contributed by atoms with van der Waals surface area (Å²) in [6, 6.07) is 103. The molecule has 3 aromatic heterocycles. The van der Waals surface area contributed by atoms with Gasteiger partial charge in [-0.25, -0.2) is 13.6 Å². The van der Waals surface area contributed by atoms with Crippen LogP contribution in [0.5, 0.6) is 0 Å². The summed E-state index contributed by atoms with van der Waals surface area (Å²) < 4.78 is 6.66. The zero-order valence-electron chi connectivity index (χ0n) is 43.0. The third kappa shape index (κ3) is 6.74. The summed E-state index contributed by atoms with van der Waals surface area (Å²) in [4.78, 5) is 16.9. The van der Waals surface area contributed by atoms with Crippen molar-refractivity contribution in [3.05, 3.63) is 296 Å². The summed E-state index contributed by atoms with van der Waals surface area (Å²) in [5.74, 6) is 0. The van der Waals surface area contributed by atoms with Gasteiger partial charge in [0.15, 0.2) is 0 Å². The van der Waals surface area contributed by atoms with Crippen LogP contribution in [-0.4, -0.2) is 26.8 Å². The molecule has 6 heteroatoms. The largest absolute Gasteiger partial charge is 0.340 e. The molecule has 0 atom stereocenters. The Labute approximate surface area is 457 Å². The van der Waals surface area contributed by atoms with Crippen molar-refractivity contribution >= 4 is 90.1 Å². The van der Waals surface area contributed by atoms with Gasteiger partial charge in [-0.05, 0) is 99.7 Å². The smallest absolute Gasteiger partial charge is 0.283 e. The molecule has 0 unspecified atom stereocenters. The maximum atomic E-state index is 16.9. The monoisotopic (exact) mass is 1000 g/mol. The van der Waals surface area contributed by atoms with Crippen LogP contribution in [0.3, 0.4) is 0 Å². The molecule has 0 saturated carbocycles. The maximum Gasteiger partial charge on any atom is 0.340 e. The lowest BCUT2D eigenvalue weighted by Crippen LogP contribution is -2.64. The average Bonchev–Trinajstić information content (AvgIpc) is 3.57. The van der Waals surface area contributed by atoms with Crippen molar-refractivity contribution < 1.29 is 0 Å². The van der Waals surface area contributed by atoms with Crippen molar-refractivity contribution in [1.82, 2.24) is 13.4 Å². The zero-order chi connectivity index (χ0) is 52.1. The molecule has 366 valence electrons. The van der Waals surface area contributed by atoms with E-state index >= 15 is 4.79 Å². The van der Waals surface area contributed by atoms with Crippen LogP contribution in [0.15, 0.2) is 290 Å². The van der Waals surface area contributed by atoms with E-state index in [4.69, 9.17) is 0 Å². The maximum absolute atomic E-state index is 16.9. The van der Waals surface area contributed by atoms with Gasteiger partial charge < -0.3 is 0 Å². The van der Waals surface area contributed by atoms with Crippen LogP contribution < -0.4 is 38.5 Å². The Balaban J connectivity index is 1.21.